The third-order valence-corrected chi connectivity index (χ3v) is 5.33. The number of rotatable bonds is 5. The first-order chi connectivity index (χ1) is 11.0. The van der Waals surface area contributed by atoms with Crippen molar-refractivity contribution in [3.8, 4) is 0 Å². The number of aryl methyl sites for hydroxylation is 2. The van der Waals surface area contributed by atoms with Gasteiger partial charge in [-0.3, -0.25) is 9.89 Å². The lowest BCUT2D eigenvalue weighted by molar-refractivity contribution is -0.0174. The summed E-state index contributed by atoms with van der Waals surface area (Å²) in [6.07, 6.45) is 0. The van der Waals surface area contributed by atoms with Gasteiger partial charge in [-0.1, -0.05) is 0 Å². The van der Waals surface area contributed by atoms with E-state index in [2.05, 4.69) is 46.3 Å². The van der Waals surface area contributed by atoms with Crippen LogP contribution in [0.25, 0.3) is 0 Å². The van der Waals surface area contributed by atoms with Crippen molar-refractivity contribution < 1.29 is 4.74 Å². The van der Waals surface area contributed by atoms with Crippen LogP contribution in [0.3, 0.4) is 0 Å². The first kappa shape index (κ1) is 18.2. The number of ether oxygens (including phenoxy) is 1. The molecule has 2 unspecified atom stereocenters. The highest BCUT2D eigenvalue weighted by Gasteiger charge is 2.23. The molecule has 1 fully saturated rings. The number of guanidine groups is 1. The quantitative estimate of drug-likeness (QED) is 0.629. The van der Waals surface area contributed by atoms with E-state index in [-0.39, 0.29) is 0 Å². The summed E-state index contributed by atoms with van der Waals surface area (Å²) in [7, 11) is 1.80. The van der Waals surface area contributed by atoms with Gasteiger partial charge in [0, 0.05) is 37.1 Å². The van der Waals surface area contributed by atoms with Crippen LogP contribution in [0.1, 0.15) is 29.4 Å². The second-order valence-electron chi connectivity index (χ2n) is 6.07. The van der Waals surface area contributed by atoms with Gasteiger partial charge >= 0.3 is 0 Å². The summed E-state index contributed by atoms with van der Waals surface area (Å²) in [5, 5.41) is 7.85. The van der Waals surface area contributed by atoms with Crippen LogP contribution in [-0.4, -0.2) is 61.3 Å². The lowest BCUT2D eigenvalue weighted by Gasteiger charge is -2.38. The molecule has 1 aliphatic heterocycles. The average molecular weight is 340 g/mol. The maximum atomic E-state index is 5.50. The summed E-state index contributed by atoms with van der Waals surface area (Å²) in [6, 6.07) is 0.911. The molecule has 2 N–H and O–H groups in total. The molecule has 23 heavy (non-hydrogen) atoms. The van der Waals surface area contributed by atoms with E-state index in [1.54, 1.807) is 18.4 Å². The fraction of sp³-hybridized carbons (Fsp3) is 0.750. The van der Waals surface area contributed by atoms with Crippen LogP contribution >= 0.6 is 11.3 Å². The molecule has 7 heteroatoms. The molecule has 1 saturated heterocycles. The van der Waals surface area contributed by atoms with Crippen LogP contribution in [0.15, 0.2) is 4.99 Å². The Bertz CT molecular complexity index is 511. The van der Waals surface area contributed by atoms with E-state index in [9.17, 15) is 0 Å². The number of nitrogens with one attached hydrogen (secondary N) is 2. The van der Waals surface area contributed by atoms with Crippen molar-refractivity contribution in [1.82, 2.24) is 20.5 Å². The monoisotopic (exact) mass is 339 g/mol. The zero-order valence-electron chi connectivity index (χ0n) is 14.8. The fourth-order valence-corrected chi connectivity index (χ4v) is 3.62. The van der Waals surface area contributed by atoms with E-state index >= 15 is 0 Å². The van der Waals surface area contributed by atoms with Crippen LogP contribution in [0.4, 0.5) is 0 Å². The Morgan fingerprint density at radius 3 is 2.87 bits per heavy atom. The standard InChI is InChI=1S/C16H29N5OS/c1-11(21-6-7-22-10-12(21)2)8-18-16(17-5)19-9-15-20-13(3)14(4)23-15/h11-12H,6-10H2,1-5H3,(H2,17,18,19). The van der Waals surface area contributed by atoms with Crippen LogP contribution < -0.4 is 10.6 Å². The van der Waals surface area contributed by atoms with E-state index in [1.807, 2.05) is 6.92 Å². The second-order valence-corrected chi connectivity index (χ2v) is 7.35. The highest BCUT2D eigenvalue weighted by molar-refractivity contribution is 7.11. The number of aromatic nitrogens is 1. The summed E-state index contributed by atoms with van der Waals surface area (Å²) >= 11 is 1.74. The fourth-order valence-electron chi connectivity index (χ4n) is 2.75. The molecule has 0 amide bonds. The van der Waals surface area contributed by atoms with Gasteiger partial charge in [-0.25, -0.2) is 4.98 Å². The Kier molecular flexibility index (Phi) is 6.80. The predicted molar refractivity (Wildman–Crippen MR) is 96.2 cm³/mol. The van der Waals surface area contributed by atoms with Gasteiger partial charge in [-0.15, -0.1) is 11.3 Å². The molecule has 130 valence electrons. The summed E-state index contributed by atoms with van der Waals surface area (Å²) in [5.41, 5.74) is 1.12. The van der Waals surface area contributed by atoms with Crippen LogP contribution in [0.5, 0.6) is 0 Å². The minimum atomic E-state index is 0.441. The van der Waals surface area contributed by atoms with Crippen molar-refractivity contribution in [2.24, 2.45) is 4.99 Å². The van der Waals surface area contributed by atoms with Crippen molar-refractivity contribution in [2.75, 3.05) is 33.4 Å². The molecule has 0 aromatic carbocycles. The molecule has 0 radical (unpaired) electrons. The third-order valence-electron chi connectivity index (χ3n) is 4.25. The molecule has 1 aromatic heterocycles. The van der Waals surface area contributed by atoms with E-state index in [4.69, 9.17) is 4.74 Å². The molecule has 0 saturated carbocycles. The second kappa shape index (κ2) is 8.61. The van der Waals surface area contributed by atoms with Gasteiger partial charge in [0.05, 0.1) is 25.5 Å². The van der Waals surface area contributed by atoms with Gasteiger partial charge in [0.25, 0.3) is 0 Å². The van der Waals surface area contributed by atoms with Gasteiger partial charge in [-0.2, -0.15) is 0 Å². The molecular formula is C16H29N5OS. The Morgan fingerprint density at radius 2 is 2.26 bits per heavy atom. The Hall–Kier alpha value is -1.18. The van der Waals surface area contributed by atoms with Gasteiger partial charge in [0.1, 0.15) is 5.01 Å². The first-order valence-corrected chi connectivity index (χ1v) is 9.03. The molecule has 6 nitrogen and oxygen atoms in total. The predicted octanol–water partition coefficient (Wildman–Crippen LogP) is 1.53. The number of hydrogen-bond donors (Lipinski definition) is 2. The molecule has 2 rings (SSSR count). The first-order valence-electron chi connectivity index (χ1n) is 8.22. The highest BCUT2D eigenvalue weighted by Crippen LogP contribution is 2.15. The topological polar surface area (TPSA) is 61.8 Å². The molecular weight excluding hydrogens is 310 g/mol. The molecule has 2 atom stereocenters. The lowest BCUT2D eigenvalue weighted by atomic mass is 10.2. The largest absolute Gasteiger partial charge is 0.379 e. The van der Waals surface area contributed by atoms with E-state index < -0.39 is 0 Å². The number of aliphatic imine (C=N–C) groups is 1. The van der Waals surface area contributed by atoms with Gasteiger partial charge in [0.15, 0.2) is 5.96 Å². The molecule has 0 aliphatic carbocycles. The molecule has 1 aromatic rings. The highest BCUT2D eigenvalue weighted by atomic mass is 32.1. The minimum Gasteiger partial charge on any atom is -0.379 e. The zero-order valence-corrected chi connectivity index (χ0v) is 15.7. The lowest BCUT2D eigenvalue weighted by Crippen LogP contribution is -2.52. The number of nitrogens with zero attached hydrogens (tertiary/aromatic N) is 3. The van der Waals surface area contributed by atoms with E-state index in [0.29, 0.717) is 18.6 Å². The summed E-state index contributed by atoms with van der Waals surface area (Å²) in [4.78, 5) is 12.6. The Morgan fingerprint density at radius 1 is 1.48 bits per heavy atom. The zero-order chi connectivity index (χ0) is 16.8. The van der Waals surface area contributed by atoms with Crippen molar-refractivity contribution in [2.45, 2.75) is 46.3 Å². The van der Waals surface area contributed by atoms with Gasteiger partial charge < -0.3 is 15.4 Å². The Labute approximate surface area is 143 Å². The summed E-state index contributed by atoms with van der Waals surface area (Å²) in [5.74, 6) is 0.822. The number of morpholine rings is 1. The SMILES string of the molecule is CN=C(NCc1nc(C)c(C)s1)NCC(C)N1CCOCC1C. The summed E-state index contributed by atoms with van der Waals surface area (Å²) in [6.45, 7) is 12.8. The maximum absolute atomic E-state index is 5.50. The van der Waals surface area contributed by atoms with Crippen LogP contribution in [0.2, 0.25) is 0 Å². The van der Waals surface area contributed by atoms with Gasteiger partial charge in [0.2, 0.25) is 0 Å². The van der Waals surface area contributed by atoms with E-state index in [0.717, 1.165) is 43.0 Å². The van der Waals surface area contributed by atoms with Crippen LogP contribution in [0, 0.1) is 13.8 Å². The maximum Gasteiger partial charge on any atom is 0.191 e. The normalized spacial score (nSPS) is 21.3. The third kappa shape index (κ3) is 5.16. The van der Waals surface area contributed by atoms with Gasteiger partial charge in [-0.05, 0) is 27.7 Å². The van der Waals surface area contributed by atoms with E-state index in [1.165, 1.54) is 4.88 Å². The molecule has 1 aliphatic rings. The molecule has 0 spiro atoms. The molecule has 0 bridgehead atoms. The average Bonchev–Trinajstić information content (AvgIpc) is 2.86. The van der Waals surface area contributed by atoms with Crippen LogP contribution in [-0.2, 0) is 11.3 Å². The number of hydrogen-bond acceptors (Lipinski definition) is 5. The van der Waals surface area contributed by atoms with Crippen molar-refractivity contribution in [3.05, 3.63) is 15.6 Å². The smallest absolute Gasteiger partial charge is 0.191 e. The summed E-state index contributed by atoms with van der Waals surface area (Å²) < 4.78 is 5.50. The van der Waals surface area contributed by atoms with Crippen molar-refractivity contribution >= 4 is 17.3 Å². The number of thiazole rings is 1. The van der Waals surface area contributed by atoms with Crippen molar-refractivity contribution in [3.63, 3.8) is 0 Å². The van der Waals surface area contributed by atoms with Crippen molar-refractivity contribution in [1.29, 1.82) is 0 Å². The Balaban J connectivity index is 1.78. The molecule has 2 heterocycles. The minimum absolute atomic E-state index is 0.441.